The zero-order valence-corrected chi connectivity index (χ0v) is 9.44. The molecule has 1 heterocycles. The standard InChI is InChI=1S/C10H17N5O/c1-15(6-8-12-7-13-14-8)9(16)5-10(11)3-2-4-10/h7H,2-6,11H2,1H3,(H,12,13,14). The Bertz CT molecular complexity index is 357. The highest BCUT2D eigenvalue weighted by Gasteiger charge is 2.35. The fourth-order valence-electron chi connectivity index (χ4n) is 1.86. The molecule has 1 aliphatic carbocycles. The van der Waals surface area contributed by atoms with Crippen molar-refractivity contribution in [1.29, 1.82) is 0 Å². The van der Waals surface area contributed by atoms with Crippen LogP contribution in [0.25, 0.3) is 0 Å². The third-order valence-corrected chi connectivity index (χ3v) is 3.13. The molecule has 0 radical (unpaired) electrons. The van der Waals surface area contributed by atoms with Crippen molar-refractivity contribution in [3.63, 3.8) is 0 Å². The molecule has 3 N–H and O–H groups in total. The number of carbonyl (C=O) groups excluding carboxylic acids is 1. The van der Waals surface area contributed by atoms with Crippen molar-refractivity contribution in [2.24, 2.45) is 5.73 Å². The first-order valence-electron chi connectivity index (χ1n) is 5.46. The largest absolute Gasteiger partial charge is 0.338 e. The van der Waals surface area contributed by atoms with Crippen LogP contribution in [0.3, 0.4) is 0 Å². The van der Waals surface area contributed by atoms with Gasteiger partial charge in [-0.25, -0.2) is 4.98 Å². The summed E-state index contributed by atoms with van der Waals surface area (Å²) in [5.74, 6) is 0.758. The number of amides is 1. The second-order valence-electron chi connectivity index (χ2n) is 4.57. The molecule has 0 unspecified atom stereocenters. The molecule has 0 bridgehead atoms. The van der Waals surface area contributed by atoms with E-state index >= 15 is 0 Å². The van der Waals surface area contributed by atoms with Crippen LogP contribution in [0.4, 0.5) is 0 Å². The molecule has 1 aliphatic rings. The minimum atomic E-state index is -0.257. The van der Waals surface area contributed by atoms with E-state index in [1.807, 2.05) is 0 Å². The number of H-pyrrole nitrogens is 1. The van der Waals surface area contributed by atoms with E-state index in [2.05, 4.69) is 15.2 Å². The van der Waals surface area contributed by atoms with Crippen molar-refractivity contribution in [1.82, 2.24) is 20.1 Å². The molecule has 1 aromatic heterocycles. The van der Waals surface area contributed by atoms with Crippen molar-refractivity contribution in [3.8, 4) is 0 Å². The summed E-state index contributed by atoms with van der Waals surface area (Å²) in [4.78, 5) is 17.5. The van der Waals surface area contributed by atoms with Crippen molar-refractivity contribution in [2.45, 2.75) is 37.8 Å². The molecule has 1 aromatic rings. The second kappa shape index (κ2) is 4.21. The highest BCUT2D eigenvalue weighted by molar-refractivity contribution is 5.77. The summed E-state index contributed by atoms with van der Waals surface area (Å²) in [6.07, 6.45) is 4.90. The topological polar surface area (TPSA) is 87.9 Å². The first kappa shape index (κ1) is 11.1. The van der Waals surface area contributed by atoms with Crippen LogP contribution in [0.2, 0.25) is 0 Å². The van der Waals surface area contributed by atoms with Crippen LogP contribution in [0.15, 0.2) is 6.33 Å². The molecule has 1 amide bonds. The lowest BCUT2D eigenvalue weighted by molar-refractivity contribution is -0.132. The summed E-state index contributed by atoms with van der Waals surface area (Å²) in [5.41, 5.74) is 5.77. The van der Waals surface area contributed by atoms with E-state index in [1.54, 1.807) is 11.9 Å². The van der Waals surface area contributed by atoms with Gasteiger partial charge in [0.25, 0.3) is 0 Å². The summed E-state index contributed by atoms with van der Waals surface area (Å²) in [7, 11) is 1.76. The maximum absolute atomic E-state index is 11.9. The first-order chi connectivity index (χ1) is 7.59. The maximum Gasteiger partial charge on any atom is 0.224 e. The Kier molecular flexibility index (Phi) is 2.91. The zero-order chi connectivity index (χ0) is 11.6. The lowest BCUT2D eigenvalue weighted by atomic mass is 9.75. The van der Waals surface area contributed by atoms with Gasteiger partial charge in [-0.15, -0.1) is 0 Å². The fourth-order valence-corrected chi connectivity index (χ4v) is 1.86. The summed E-state index contributed by atoms with van der Waals surface area (Å²) in [5, 5.41) is 6.47. The number of nitrogens with zero attached hydrogens (tertiary/aromatic N) is 3. The molecule has 6 nitrogen and oxygen atoms in total. The Morgan fingerprint density at radius 3 is 2.94 bits per heavy atom. The number of rotatable bonds is 4. The van der Waals surface area contributed by atoms with Gasteiger partial charge in [0.15, 0.2) is 0 Å². The predicted octanol–water partition coefficient (Wildman–Crippen LogP) is 0.0346. The van der Waals surface area contributed by atoms with Crippen LogP contribution in [-0.4, -0.2) is 38.6 Å². The summed E-state index contributed by atoms with van der Waals surface area (Å²) < 4.78 is 0. The van der Waals surface area contributed by atoms with E-state index in [-0.39, 0.29) is 11.4 Å². The Hall–Kier alpha value is -1.43. The SMILES string of the molecule is CN(Cc1ncn[nH]1)C(=O)CC1(N)CCC1. The van der Waals surface area contributed by atoms with Gasteiger partial charge >= 0.3 is 0 Å². The van der Waals surface area contributed by atoms with Gasteiger partial charge in [0.2, 0.25) is 5.91 Å². The highest BCUT2D eigenvalue weighted by atomic mass is 16.2. The minimum absolute atomic E-state index is 0.0681. The van der Waals surface area contributed by atoms with E-state index < -0.39 is 0 Å². The highest BCUT2D eigenvalue weighted by Crippen LogP contribution is 2.32. The zero-order valence-electron chi connectivity index (χ0n) is 9.44. The third-order valence-electron chi connectivity index (χ3n) is 3.13. The Morgan fingerprint density at radius 1 is 1.69 bits per heavy atom. The Balaban J connectivity index is 1.84. The van der Waals surface area contributed by atoms with Crippen LogP contribution in [0, 0.1) is 0 Å². The molecule has 1 fully saturated rings. The van der Waals surface area contributed by atoms with Gasteiger partial charge in [-0.2, -0.15) is 5.10 Å². The number of aromatic amines is 1. The summed E-state index contributed by atoms with van der Waals surface area (Å²) in [6.45, 7) is 0.453. The minimum Gasteiger partial charge on any atom is -0.338 e. The lowest BCUT2D eigenvalue weighted by Gasteiger charge is -2.38. The van der Waals surface area contributed by atoms with Crippen LogP contribution in [-0.2, 0) is 11.3 Å². The number of carbonyl (C=O) groups is 1. The van der Waals surface area contributed by atoms with E-state index in [9.17, 15) is 4.79 Å². The fraction of sp³-hybridized carbons (Fsp3) is 0.700. The number of nitrogens with one attached hydrogen (secondary N) is 1. The smallest absolute Gasteiger partial charge is 0.224 e. The molecule has 1 saturated carbocycles. The molecule has 2 rings (SSSR count). The normalized spacial score (nSPS) is 17.9. The lowest BCUT2D eigenvalue weighted by Crippen LogP contribution is -2.50. The molecule has 0 saturated heterocycles. The van der Waals surface area contributed by atoms with E-state index in [4.69, 9.17) is 5.73 Å². The van der Waals surface area contributed by atoms with E-state index in [0.29, 0.717) is 18.8 Å². The molecule has 0 aromatic carbocycles. The monoisotopic (exact) mass is 223 g/mol. The number of hydrogen-bond donors (Lipinski definition) is 2. The van der Waals surface area contributed by atoms with Gasteiger partial charge in [0.1, 0.15) is 12.2 Å². The van der Waals surface area contributed by atoms with E-state index in [0.717, 1.165) is 19.3 Å². The van der Waals surface area contributed by atoms with Crippen molar-refractivity contribution in [2.75, 3.05) is 7.05 Å². The van der Waals surface area contributed by atoms with Gasteiger partial charge in [0, 0.05) is 19.0 Å². The predicted molar refractivity (Wildman–Crippen MR) is 58.2 cm³/mol. The van der Waals surface area contributed by atoms with Crippen LogP contribution in [0.1, 0.15) is 31.5 Å². The van der Waals surface area contributed by atoms with Crippen LogP contribution < -0.4 is 5.73 Å². The van der Waals surface area contributed by atoms with Crippen LogP contribution >= 0.6 is 0 Å². The molecule has 6 heteroatoms. The van der Waals surface area contributed by atoms with Gasteiger partial charge < -0.3 is 10.6 Å². The molecular formula is C10H17N5O. The number of hydrogen-bond acceptors (Lipinski definition) is 4. The second-order valence-corrected chi connectivity index (χ2v) is 4.57. The molecular weight excluding hydrogens is 206 g/mol. The Morgan fingerprint density at radius 2 is 2.44 bits per heavy atom. The van der Waals surface area contributed by atoms with Crippen LogP contribution in [0.5, 0.6) is 0 Å². The van der Waals surface area contributed by atoms with Gasteiger partial charge in [-0.1, -0.05) is 0 Å². The average molecular weight is 223 g/mol. The third kappa shape index (κ3) is 2.38. The van der Waals surface area contributed by atoms with Gasteiger partial charge in [-0.05, 0) is 19.3 Å². The summed E-state index contributed by atoms with van der Waals surface area (Å²) >= 11 is 0. The number of nitrogens with two attached hydrogens (primary N) is 1. The van der Waals surface area contributed by atoms with Gasteiger partial charge in [-0.3, -0.25) is 9.89 Å². The molecule has 88 valence electrons. The molecule has 16 heavy (non-hydrogen) atoms. The van der Waals surface area contributed by atoms with Crippen molar-refractivity contribution < 1.29 is 4.79 Å². The quantitative estimate of drug-likeness (QED) is 0.754. The molecule has 0 spiro atoms. The molecule has 0 atom stereocenters. The Labute approximate surface area is 94.2 Å². The summed E-state index contributed by atoms with van der Waals surface area (Å²) in [6, 6.07) is 0. The van der Waals surface area contributed by atoms with Crippen molar-refractivity contribution in [3.05, 3.63) is 12.2 Å². The first-order valence-corrected chi connectivity index (χ1v) is 5.46. The van der Waals surface area contributed by atoms with Gasteiger partial charge in [0.05, 0.1) is 6.54 Å². The average Bonchev–Trinajstić information content (AvgIpc) is 2.68. The molecule has 0 aliphatic heterocycles. The van der Waals surface area contributed by atoms with E-state index in [1.165, 1.54) is 6.33 Å². The maximum atomic E-state index is 11.9. The van der Waals surface area contributed by atoms with Crippen molar-refractivity contribution >= 4 is 5.91 Å². The number of aromatic nitrogens is 3.